The molecule has 1 atom stereocenters. The Bertz CT molecular complexity index is 303. The van der Waals surface area contributed by atoms with Crippen molar-refractivity contribution < 1.29 is 9.84 Å². The summed E-state index contributed by atoms with van der Waals surface area (Å²) in [7, 11) is 0. The Morgan fingerprint density at radius 3 is 3.00 bits per heavy atom. The SMILES string of the molecule is OC1(c2sccc2Cl)CCCOCC1. The van der Waals surface area contributed by atoms with Crippen LogP contribution in [-0.4, -0.2) is 18.3 Å². The highest BCUT2D eigenvalue weighted by Gasteiger charge is 2.33. The molecule has 1 aromatic heterocycles. The van der Waals surface area contributed by atoms with Crippen molar-refractivity contribution >= 4 is 22.9 Å². The van der Waals surface area contributed by atoms with Gasteiger partial charge in [0.1, 0.15) is 5.60 Å². The van der Waals surface area contributed by atoms with Crippen LogP contribution in [0.25, 0.3) is 0 Å². The minimum Gasteiger partial charge on any atom is -0.384 e. The van der Waals surface area contributed by atoms with Crippen LogP contribution in [0.1, 0.15) is 24.1 Å². The fraction of sp³-hybridized carbons (Fsp3) is 0.600. The van der Waals surface area contributed by atoms with Crippen LogP contribution in [0.4, 0.5) is 0 Å². The number of thiophene rings is 1. The first kappa shape index (κ1) is 10.4. The van der Waals surface area contributed by atoms with Crippen LogP contribution in [0.3, 0.4) is 0 Å². The smallest absolute Gasteiger partial charge is 0.103 e. The highest BCUT2D eigenvalue weighted by atomic mass is 35.5. The first-order valence-electron chi connectivity index (χ1n) is 4.76. The molecule has 0 spiro atoms. The number of halogens is 1. The molecule has 2 heterocycles. The molecule has 0 radical (unpaired) electrons. The van der Waals surface area contributed by atoms with Crippen molar-refractivity contribution in [3.05, 3.63) is 21.3 Å². The molecule has 2 nitrogen and oxygen atoms in total. The van der Waals surface area contributed by atoms with Crippen molar-refractivity contribution in [2.45, 2.75) is 24.9 Å². The quantitative estimate of drug-likeness (QED) is 0.807. The molecular formula is C10H13ClO2S. The van der Waals surface area contributed by atoms with Crippen LogP contribution in [0.5, 0.6) is 0 Å². The zero-order chi connectivity index (χ0) is 10.0. The van der Waals surface area contributed by atoms with E-state index in [1.165, 1.54) is 11.3 Å². The first-order chi connectivity index (χ1) is 6.72. The molecular weight excluding hydrogens is 220 g/mol. The van der Waals surface area contributed by atoms with E-state index in [-0.39, 0.29) is 0 Å². The molecule has 0 bridgehead atoms. The van der Waals surface area contributed by atoms with Gasteiger partial charge >= 0.3 is 0 Å². The van der Waals surface area contributed by atoms with Gasteiger partial charge in [-0.25, -0.2) is 0 Å². The molecule has 1 aliphatic heterocycles. The average molecular weight is 233 g/mol. The largest absolute Gasteiger partial charge is 0.384 e. The molecule has 1 unspecified atom stereocenters. The van der Waals surface area contributed by atoms with Crippen molar-refractivity contribution in [1.82, 2.24) is 0 Å². The van der Waals surface area contributed by atoms with E-state index in [2.05, 4.69) is 0 Å². The number of aliphatic hydroxyl groups is 1. The number of hydrogen-bond donors (Lipinski definition) is 1. The molecule has 0 aliphatic carbocycles. The summed E-state index contributed by atoms with van der Waals surface area (Å²) in [5.74, 6) is 0. The maximum absolute atomic E-state index is 10.4. The first-order valence-corrected chi connectivity index (χ1v) is 6.02. The lowest BCUT2D eigenvalue weighted by molar-refractivity contribution is 0.0179. The normalized spacial score (nSPS) is 28.7. The third-order valence-electron chi connectivity index (χ3n) is 2.58. The van der Waals surface area contributed by atoms with Crippen LogP contribution >= 0.6 is 22.9 Å². The third-order valence-corrected chi connectivity index (χ3v) is 4.11. The molecule has 78 valence electrons. The minimum atomic E-state index is -0.762. The predicted molar refractivity (Wildman–Crippen MR) is 57.9 cm³/mol. The second-order valence-electron chi connectivity index (χ2n) is 3.60. The fourth-order valence-electron chi connectivity index (χ4n) is 1.79. The van der Waals surface area contributed by atoms with E-state index in [0.29, 0.717) is 18.1 Å². The standard InChI is InChI=1S/C10H13ClO2S/c11-8-2-7-14-9(8)10(12)3-1-5-13-6-4-10/h2,7,12H,1,3-6H2. The van der Waals surface area contributed by atoms with Gasteiger partial charge in [-0.1, -0.05) is 11.6 Å². The van der Waals surface area contributed by atoms with Gasteiger partial charge in [0.15, 0.2) is 0 Å². The number of hydrogen-bond acceptors (Lipinski definition) is 3. The Morgan fingerprint density at radius 2 is 2.29 bits per heavy atom. The van der Waals surface area contributed by atoms with Crippen LogP contribution in [0.2, 0.25) is 5.02 Å². The van der Waals surface area contributed by atoms with Crippen LogP contribution in [0.15, 0.2) is 11.4 Å². The molecule has 1 N–H and O–H groups in total. The lowest BCUT2D eigenvalue weighted by Gasteiger charge is -2.25. The van der Waals surface area contributed by atoms with Gasteiger partial charge in [-0.2, -0.15) is 0 Å². The highest BCUT2D eigenvalue weighted by molar-refractivity contribution is 7.10. The second-order valence-corrected chi connectivity index (χ2v) is 4.92. The van der Waals surface area contributed by atoms with Crippen LogP contribution in [-0.2, 0) is 10.3 Å². The number of ether oxygens (including phenoxy) is 1. The van der Waals surface area contributed by atoms with E-state index in [9.17, 15) is 5.11 Å². The Balaban J connectivity index is 2.25. The van der Waals surface area contributed by atoms with Gasteiger partial charge in [0.05, 0.1) is 9.90 Å². The van der Waals surface area contributed by atoms with E-state index >= 15 is 0 Å². The maximum atomic E-state index is 10.4. The van der Waals surface area contributed by atoms with Crippen LogP contribution < -0.4 is 0 Å². The molecule has 0 amide bonds. The summed E-state index contributed by atoms with van der Waals surface area (Å²) in [6.07, 6.45) is 2.28. The van der Waals surface area contributed by atoms with Gasteiger partial charge in [-0.05, 0) is 24.3 Å². The lowest BCUT2D eigenvalue weighted by Crippen LogP contribution is -2.24. The van der Waals surface area contributed by atoms with E-state index in [1.807, 2.05) is 11.4 Å². The maximum Gasteiger partial charge on any atom is 0.103 e. The summed E-state index contributed by atoms with van der Waals surface area (Å²) >= 11 is 7.55. The third kappa shape index (κ3) is 1.96. The molecule has 0 aromatic carbocycles. The van der Waals surface area contributed by atoms with Crippen molar-refractivity contribution in [3.8, 4) is 0 Å². The summed E-state index contributed by atoms with van der Waals surface area (Å²) in [6, 6.07) is 1.84. The molecule has 1 saturated heterocycles. The average Bonchev–Trinajstić information content (AvgIpc) is 2.46. The predicted octanol–water partition coefficient (Wildman–Crippen LogP) is 2.79. The summed E-state index contributed by atoms with van der Waals surface area (Å²) in [5, 5.41) is 13.0. The van der Waals surface area contributed by atoms with Gasteiger partial charge in [-0.15, -0.1) is 11.3 Å². The highest BCUT2D eigenvalue weighted by Crippen LogP contribution is 2.39. The molecule has 0 saturated carbocycles. The zero-order valence-electron chi connectivity index (χ0n) is 7.83. The summed E-state index contributed by atoms with van der Waals surface area (Å²) in [5.41, 5.74) is -0.762. The Labute approximate surface area is 92.5 Å². The number of rotatable bonds is 1. The summed E-state index contributed by atoms with van der Waals surface area (Å²) in [6.45, 7) is 1.36. The fourth-order valence-corrected chi connectivity index (χ4v) is 3.18. The molecule has 1 aromatic rings. The van der Waals surface area contributed by atoms with E-state index in [4.69, 9.17) is 16.3 Å². The van der Waals surface area contributed by atoms with Crippen LogP contribution in [0, 0.1) is 0 Å². The lowest BCUT2D eigenvalue weighted by atomic mass is 9.93. The van der Waals surface area contributed by atoms with Gasteiger partial charge < -0.3 is 9.84 Å². The van der Waals surface area contributed by atoms with Gasteiger partial charge in [0.25, 0.3) is 0 Å². The minimum absolute atomic E-state index is 0.616. The second kappa shape index (κ2) is 4.19. The zero-order valence-corrected chi connectivity index (χ0v) is 9.40. The Morgan fingerprint density at radius 1 is 1.43 bits per heavy atom. The van der Waals surface area contributed by atoms with Gasteiger partial charge in [-0.3, -0.25) is 0 Å². The van der Waals surface area contributed by atoms with E-state index in [0.717, 1.165) is 24.3 Å². The topological polar surface area (TPSA) is 29.5 Å². The monoisotopic (exact) mass is 232 g/mol. The molecule has 4 heteroatoms. The van der Waals surface area contributed by atoms with Crippen molar-refractivity contribution in [3.63, 3.8) is 0 Å². The molecule has 14 heavy (non-hydrogen) atoms. The molecule has 2 rings (SSSR count). The van der Waals surface area contributed by atoms with E-state index in [1.54, 1.807) is 0 Å². The van der Waals surface area contributed by atoms with Gasteiger partial charge in [0, 0.05) is 19.6 Å². The Kier molecular flexibility index (Phi) is 3.12. The van der Waals surface area contributed by atoms with Gasteiger partial charge in [0.2, 0.25) is 0 Å². The van der Waals surface area contributed by atoms with Crippen molar-refractivity contribution in [2.75, 3.05) is 13.2 Å². The summed E-state index contributed by atoms with van der Waals surface area (Å²) < 4.78 is 5.33. The van der Waals surface area contributed by atoms with E-state index < -0.39 is 5.60 Å². The molecule has 1 fully saturated rings. The summed E-state index contributed by atoms with van der Waals surface area (Å²) in [4.78, 5) is 0.893. The van der Waals surface area contributed by atoms with Crippen molar-refractivity contribution in [1.29, 1.82) is 0 Å². The molecule has 1 aliphatic rings. The van der Waals surface area contributed by atoms with Crippen molar-refractivity contribution in [2.24, 2.45) is 0 Å². The Hall–Kier alpha value is -0.0900.